The predicted octanol–water partition coefficient (Wildman–Crippen LogP) is 1.70. The summed E-state index contributed by atoms with van der Waals surface area (Å²) in [6, 6.07) is 0. The summed E-state index contributed by atoms with van der Waals surface area (Å²) in [5.41, 5.74) is 8.10. The van der Waals surface area contributed by atoms with E-state index in [1.165, 1.54) is 11.3 Å². The van der Waals surface area contributed by atoms with E-state index in [9.17, 15) is 0 Å². The Bertz CT molecular complexity index is 452. The van der Waals surface area contributed by atoms with Crippen LogP contribution in [0.15, 0.2) is 10.9 Å². The highest BCUT2D eigenvalue weighted by Gasteiger charge is 2.10. The topological polar surface area (TPSA) is 77.6 Å². The van der Waals surface area contributed by atoms with E-state index in [-0.39, 0.29) is 11.9 Å². The van der Waals surface area contributed by atoms with Crippen LogP contribution in [0.25, 0.3) is 11.5 Å². The number of nitrogens with two attached hydrogens (primary N) is 1. The molecule has 0 amide bonds. The van der Waals surface area contributed by atoms with Gasteiger partial charge in [0, 0.05) is 11.3 Å². The molecule has 2 heterocycles. The lowest BCUT2D eigenvalue weighted by atomic mass is 10.2. The maximum absolute atomic E-state index is 5.62. The molecule has 0 spiro atoms. The van der Waals surface area contributed by atoms with Gasteiger partial charge in [-0.1, -0.05) is 13.8 Å². The molecule has 0 aromatic carbocycles. The van der Waals surface area contributed by atoms with Gasteiger partial charge in [0.25, 0.3) is 0 Å². The summed E-state index contributed by atoms with van der Waals surface area (Å²) in [6.45, 7) is 4.03. The SMILES string of the molecule is CC(C)c1nc(N)nc(-c2cscn2)n1. The summed E-state index contributed by atoms with van der Waals surface area (Å²) >= 11 is 1.50. The van der Waals surface area contributed by atoms with Gasteiger partial charge in [0.15, 0.2) is 5.82 Å². The molecule has 0 saturated heterocycles. The zero-order valence-electron chi connectivity index (χ0n) is 8.51. The number of thiazole rings is 1. The van der Waals surface area contributed by atoms with Crippen LogP contribution in [0, 0.1) is 0 Å². The van der Waals surface area contributed by atoms with Crippen molar-refractivity contribution in [1.82, 2.24) is 19.9 Å². The minimum absolute atomic E-state index is 0.229. The Morgan fingerprint density at radius 2 is 2.07 bits per heavy atom. The van der Waals surface area contributed by atoms with Gasteiger partial charge >= 0.3 is 0 Å². The Kier molecular flexibility index (Phi) is 2.59. The Hall–Kier alpha value is -1.56. The van der Waals surface area contributed by atoms with Crippen LogP contribution in [-0.2, 0) is 0 Å². The summed E-state index contributed by atoms with van der Waals surface area (Å²) in [7, 11) is 0. The lowest BCUT2D eigenvalue weighted by Crippen LogP contribution is -2.06. The number of nitrogen functional groups attached to an aromatic ring is 1. The van der Waals surface area contributed by atoms with Crippen LogP contribution in [0.4, 0.5) is 5.95 Å². The Morgan fingerprint density at radius 1 is 1.27 bits per heavy atom. The molecule has 0 fully saturated rings. The molecule has 0 aliphatic rings. The van der Waals surface area contributed by atoms with Gasteiger partial charge in [-0.2, -0.15) is 9.97 Å². The van der Waals surface area contributed by atoms with E-state index in [4.69, 9.17) is 5.73 Å². The van der Waals surface area contributed by atoms with Gasteiger partial charge in [-0.3, -0.25) is 0 Å². The van der Waals surface area contributed by atoms with Crippen molar-refractivity contribution in [3.8, 4) is 11.5 Å². The minimum atomic E-state index is 0.229. The molecule has 2 aromatic rings. The normalized spacial score (nSPS) is 10.9. The third-order valence-corrected chi connectivity index (χ3v) is 2.43. The van der Waals surface area contributed by atoms with E-state index in [1.807, 2.05) is 19.2 Å². The molecule has 5 nitrogen and oxygen atoms in total. The third kappa shape index (κ3) is 2.10. The van der Waals surface area contributed by atoms with E-state index < -0.39 is 0 Å². The molecule has 2 aromatic heterocycles. The summed E-state index contributed by atoms with van der Waals surface area (Å²) in [4.78, 5) is 16.6. The standard InChI is InChI=1S/C9H11N5S/c1-5(2)7-12-8(14-9(10)13-7)6-3-15-4-11-6/h3-5H,1-2H3,(H2,10,12,13,14). The zero-order valence-corrected chi connectivity index (χ0v) is 9.32. The molecule has 0 unspecified atom stereocenters. The first kappa shape index (κ1) is 9.97. The van der Waals surface area contributed by atoms with Crippen molar-refractivity contribution in [2.45, 2.75) is 19.8 Å². The van der Waals surface area contributed by atoms with E-state index in [1.54, 1.807) is 5.51 Å². The fourth-order valence-corrected chi connectivity index (χ4v) is 1.64. The third-order valence-electron chi connectivity index (χ3n) is 1.85. The van der Waals surface area contributed by atoms with Crippen molar-refractivity contribution in [1.29, 1.82) is 0 Å². The second kappa shape index (κ2) is 3.90. The monoisotopic (exact) mass is 221 g/mol. The predicted molar refractivity (Wildman–Crippen MR) is 59.4 cm³/mol. The number of hydrogen-bond donors (Lipinski definition) is 1. The molecule has 0 atom stereocenters. The molecule has 6 heteroatoms. The van der Waals surface area contributed by atoms with E-state index >= 15 is 0 Å². The molecule has 0 radical (unpaired) electrons. The van der Waals surface area contributed by atoms with E-state index in [0.29, 0.717) is 11.6 Å². The molecule has 0 bridgehead atoms. The summed E-state index contributed by atoms with van der Waals surface area (Å²) in [5.74, 6) is 1.72. The van der Waals surface area contributed by atoms with Crippen molar-refractivity contribution in [3.63, 3.8) is 0 Å². The van der Waals surface area contributed by atoms with Crippen molar-refractivity contribution < 1.29 is 0 Å². The molecule has 0 aliphatic carbocycles. The van der Waals surface area contributed by atoms with Crippen molar-refractivity contribution in [3.05, 3.63) is 16.7 Å². The second-order valence-corrected chi connectivity index (χ2v) is 4.12. The first-order valence-corrected chi connectivity index (χ1v) is 5.51. The average Bonchev–Trinajstić information content (AvgIpc) is 2.69. The molecule has 0 aliphatic heterocycles. The largest absolute Gasteiger partial charge is 0.368 e. The quantitative estimate of drug-likeness (QED) is 0.835. The number of anilines is 1. The molecular formula is C9H11N5S. The molecular weight excluding hydrogens is 210 g/mol. The smallest absolute Gasteiger partial charge is 0.223 e. The van der Waals surface area contributed by atoms with Crippen LogP contribution < -0.4 is 5.73 Å². The second-order valence-electron chi connectivity index (χ2n) is 3.40. The number of nitrogens with zero attached hydrogens (tertiary/aromatic N) is 4. The van der Waals surface area contributed by atoms with Gasteiger partial charge in [0.2, 0.25) is 5.95 Å². The van der Waals surface area contributed by atoms with Crippen molar-refractivity contribution in [2.75, 3.05) is 5.73 Å². The van der Waals surface area contributed by atoms with Crippen LogP contribution in [0.3, 0.4) is 0 Å². The fraction of sp³-hybridized carbons (Fsp3) is 0.333. The number of hydrogen-bond acceptors (Lipinski definition) is 6. The van der Waals surface area contributed by atoms with Gasteiger partial charge in [-0.05, 0) is 0 Å². The Labute approximate surface area is 91.4 Å². The Balaban J connectivity index is 2.49. The first-order chi connectivity index (χ1) is 7.16. The average molecular weight is 221 g/mol. The molecule has 2 N–H and O–H groups in total. The fourth-order valence-electron chi connectivity index (χ4n) is 1.11. The van der Waals surface area contributed by atoms with Gasteiger partial charge in [-0.15, -0.1) is 11.3 Å². The van der Waals surface area contributed by atoms with Gasteiger partial charge < -0.3 is 5.73 Å². The zero-order chi connectivity index (χ0) is 10.8. The highest BCUT2D eigenvalue weighted by atomic mass is 32.1. The number of rotatable bonds is 2. The summed E-state index contributed by atoms with van der Waals surface area (Å²) < 4.78 is 0. The van der Waals surface area contributed by atoms with Crippen LogP contribution in [0.1, 0.15) is 25.6 Å². The maximum atomic E-state index is 5.62. The summed E-state index contributed by atoms with van der Waals surface area (Å²) in [6.07, 6.45) is 0. The lowest BCUT2D eigenvalue weighted by molar-refractivity contribution is 0.766. The van der Waals surface area contributed by atoms with Crippen LogP contribution in [-0.4, -0.2) is 19.9 Å². The van der Waals surface area contributed by atoms with Crippen LogP contribution >= 0.6 is 11.3 Å². The molecule has 0 saturated carbocycles. The van der Waals surface area contributed by atoms with Crippen molar-refractivity contribution in [2.24, 2.45) is 0 Å². The highest BCUT2D eigenvalue weighted by Crippen LogP contribution is 2.17. The summed E-state index contributed by atoms with van der Waals surface area (Å²) in [5, 5.41) is 1.89. The van der Waals surface area contributed by atoms with Crippen LogP contribution in [0.5, 0.6) is 0 Å². The maximum Gasteiger partial charge on any atom is 0.223 e. The molecule has 2 rings (SSSR count). The van der Waals surface area contributed by atoms with Crippen molar-refractivity contribution >= 4 is 17.3 Å². The molecule has 15 heavy (non-hydrogen) atoms. The first-order valence-electron chi connectivity index (χ1n) is 4.57. The van der Waals surface area contributed by atoms with Gasteiger partial charge in [-0.25, -0.2) is 9.97 Å². The number of aromatic nitrogens is 4. The molecule has 78 valence electrons. The lowest BCUT2D eigenvalue weighted by Gasteiger charge is -2.05. The van der Waals surface area contributed by atoms with Crippen LogP contribution in [0.2, 0.25) is 0 Å². The highest BCUT2D eigenvalue weighted by molar-refractivity contribution is 7.07. The minimum Gasteiger partial charge on any atom is -0.368 e. The van der Waals surface area contributed by atoms with Gasteiger partial charge in [0.1, 0.15) is 11.5 Å². The van der Waals surface area contributed by atoms with E-state index in [2.05, 4.69) is 19.9 Å². The van der Waals surface area contributed by atoms with E-state index in [0.717, 1.165) is 5.69 Å². The van der Waals surface area contributed by atoms with Gasteiger partial charge in [0.05, 0.1) is 5.51 Å². The Morgan fingerprint density at radius 3 is 2.67 bits per heavy atom.